The van der Waals surface area contributed by atoms with Crippen LogP contribution in [-0.4, -0.2) is 31.6 Å². The van der Waals surface area contributed by atoms with Gasteiger partial charge in [0.05, 0.1) is 7.11 Å². The third-order valence-corrected chi connectivity index (χ3v) is 3.63. The minimum absolute atomic E-state index is 0.219. The summed E-state index contributed by atoms with van der Waals surface area (Å²) in [7, 11) is 1.49. The summed E-state index contributed by atoms with van der Waals surface area (Å²) in [4.78, 5) is 23.7. The van der Waals surface area contributed by atoms with Gasteiger partial charge in [0.25, 0.3) is 5.91 Å². The molecule has 5 heteroatoms. The molecule has 0 heterocycles. The Morgan fingerprint density at radius 1 is 1.19 bits per heavy atom. The predicted octanol–water partition coefficient (Wildman–Crippen LogP) is 2.30. The zero-order chi connectivity index (χ0) is 15.1. The summed E-state index contributed by atoms with van der Waals surface area (Å²) in [5.41, 5.74) is 0.325. The summed E-state index contributed by atoms with van der Waals surface area (Å²) in [5, 5.41) is 2.91. The molecule has 0 aliphatic heterocycles. The Morgan fingerprint density at radius 2 is 1.90 bits per heavy atom. The van der Waals surface area contributed by atoms with Crippen LogP contribution in [0.1, 0.15) is 42.5 Å². The summed E-state index contributed by atoms with van der Waals surface area (Å²) in [5.74, 6) is -0.355. The molecule has 0 spiro atoms. The van der Waals surface area contributed by atoms with Crippen molar-refractivity contribution in [3.8, 4) is 5.75 Å². The number of carbonyl (C=O) groups excluding carboxylic acids is 2. The summed E-state index contributed by atoms with van der Waals surface area (Å²) in [6.07, 6.45) is 5.53. The molecule has 0 saturated heterocycles. The third kappa shape index (κ3) is 4.48. The number of ether oxygens (including phenoxy) is 2. The molecule has 1 aliphatic carbocycles. The number of rotatable bonds is 5. The second-order valence-electron chi connectivity index (χ2n) is 5.18. The van der Waals surface area contributed by atoms with Crippen molar-refractivity contribution in [3.05, 3.63) is 29.8 Å². The van der Waals surface area contributed by atoms with Gasteiger partial charge < -0.3 is 14.8 Å². The third-order valence-electron chi connectivity index (χ3n) is 3.63. The fraction of sp³-hybridized carbons (Fsp3) is 0.500. The Morgan fingerprint density at radius 3 is 2.62 bits per heavy atom. The molecule has 2 rings (SSSR count). The Kier molecular flexibility index (Phi) is 5.60. The molecule has 1 aromatic rings. The standard InChI is InChI=1S/C16H21NO4/c1-20-14-10-6-5-9-13(14)16(19)21-11-15(18)17-12-7-3-2-4-8-12/h5-6,9-10,12H,2-4,7-8,11H2,1H3,(H,17,18). The van der Waals surface area contributed by atoms with E-state index in [1.807, 2.05) is 0 Å². The second kappa shape index (κ2) is 7.67. The highest BCUT2D eigenvalue weighted by Crippen LogP contribution is 2.19. The first-order chi connectivity index (χ1) is 10.2. The molecule has 5 nitrogen and oxygen atoms in total. The molecule has 0 atom stereocenters. The van der Waals surface area contributed by atoms with E-state index in [2.05, 4.69) is 5.32 Å². The van der Waals surface area contributed by atoms with Gasteiger partial charge in [-0.15, -0.1) is 0 Å². The normalized spacial score (nSPS) is 15.3. The fourth-order valence-corrected chi connectivity index (χ4v) is 2.54. The monoisotopic (exact) mass is 291 g/mol. The van der Waals surface area contributed by atoms with E-state index >= 15 is 0 Å². The highest BCUT2D eigenvalue weighted by molar-refractivity contribution is 5.93. The molecule has 0 bridgehead atoms. The van der Waals surface area contributed by atoms with E-state index in [1.54, 1.807) is 24.3 Å². The molecular formula is C16H21NO4. The molecular weight excluding hydrogens is 270 g/mol. The van der Waals surface area contributed by atoms with Gasteiger partial charge in [-0.3, -0.25) is 4.79 Å². The van der Waals surface area contributed by atoms with E-state index in [4.69, 9.17) is 9.47 Å². The summed E-state index contributed by atoms with van der Waals surface area (Å²) < 4.78 is 10.1. The molecule has 1 aliphatic rings. The molecule has 1 fully saturated rings. The van der Waals surface area contributed by atoms with Gasteiger partial charge in [-0.2, -0.15) is 0 Å². The lowest BCUT2D eigenvalue weighted by Gasteiger charge is -2.22. The predicted molar refractivity (Wildman–Crippen MR) is 78.3 cm³/mol. The van der Waals surface area contributed by atoms with E-state index in [0.717, 1.165) is 25.7 Å². The van der Waals surface area contributed by atoms with Crippen LogP contribution in [0.2, 0.25) is 0 Å². The lowest BCUT2D eigenvalue weighted by Crippen LogP contribution is -2.38. The van der Waals surface area contributed by atoms with Crippen molar-refractivity contribution < 1.29 is 19.1 Å². The number of hydrogen-bond acceptors (Lipinski definition) is 4. The first kappa shape index (κ1) is 15.4. The topological polar surface area (TPSA) is 64.6 Å². The van der Waals surface area contributed by atoms with Crippen molar-refractivity contribution in [2.75, 3.05) is 13.7 Å². The van der Waals surface area contributed by atoms with Crippen LogP contribution in [0.5, 0.6) is 5.75 Å². The van der Waals surface area contributed by atoms with Crippen molar-refractivity contribution in [3.63, 3.8) is 0 Å². The Labute approximate surface area is 124 Å². The van der Waals surface area contributed by atoms with Crippen LogP contribution in [0.15, 0.2) is 24.3 Å². The van der Waals surface area contributed by atoms with E-state index in [-0.39, 0.29) is 18.6 Å². The van der Waals surface area contributed by atoms with Crippen molar-refractivity contribution in [2.24, 2.45) is 0 Å². The van der Waals surface area contributed by atoms with Crippen molar-refractivity contribution in [1.82, 2.24) is 5.32 Å². The van der Waals surface area contributed by atoms with Gasteiger partial charge in [-0.1, -0.05) is 31.4 Å². The van der Waals surface area contributed by atoms with Gasteiger partial charge in [-0.05, 0) is 25.0 Å². The largest absolute Gasteiger partial charge is 0.496 e. The first-order valence-electron chi connectivity index (χ1n) is 7.30. The molecule has 0 aromatic heterocycles. The minimum Gasteiger partial charge on any atom is -0.496 e. The lowest BCUT2D eigenvalue weighted by molar-refractivity contribution is -0.125. The number of hydrogen-bond donors (Lipinski definition) is 1. The van der Waals surface area contributed by atoms with Crippen LogP contribution < -0.4 is 10.1 Å². The summed E-state index contributed by atoms with van der Waals surface area (Å²) >= 11 is 0. The molecule has 1 saturated carbocycles. The van der Waals surface area contributed by atoms with E-state index in [9.17, 15) is 9.59 Å². The maximum Gasteiger partial charge on any atom is 0.342 e. The van der Waals surface area contributed by atoms with Gasteiger partial charge in [0.1, 0.15) is 11.3 Å². The van der Waals surface area contributed by atoms with Gasteiger partial charge in [0.2, 0.25) is 0 Å². The Bertz CT molecular complexity index is 495. The van der Waals surface area contributed by atoms with Crippen LogP contribution >= 0.6 is 0 Å². The van der Waals surface area contributed by atoms with Crippen LogP contribution in [0.3, 0.4) is 0 Å². The van der Waals surface area contributed by atoms with E-state index in [0.29, 0.717) is 11.3 Å². The molecule has 114 valence electrons. The zero-order valence-electron chi connectivity index (χ0n) is 12.3. The molecule has 21 heavy (non-hydrogen) atoms. The number of nitrogens with one attached hydrogen (secondary N) is 1. The molecule has 1 amide bonds. The quantitative estimate of drug-likeness (QED) is 0.845. The smallest absolute Gasteiger partial charge is 0.342 e. The first-order valence-corrected chi connectivity index (χ1v) is 7.30. The zero-order valence-corrected chi connectivity index (χ0v) is 12.3. The number of para-hydroxylation sites is 1. The minimum atomic E-state index is -0.550. The molecule has 1 aromatic carbocycles. The Hall–Kier alpha value is -2.04. The maximum absolute atomic E-state index is 11.9. The van der Waals surface area contributed by atoms with Crippen molar-refractivity contribution in [2.45, 2.75) is 38.1 Å². The second-order valence-corrected chi connectivity index (χ2v) is 5.18. The Balaban J connectivity index is 1.81. The lowest BCUT2D eigenvalue weighted by atomic mass is 9.95. The van der Waals surface area contributed by atoms with Gasteiger partial charge >= 0.3 is 5.97 Å². The van der Waals surface area contributed by atoms with Crippen LogP contribution in [0.25, 0.3) is 0 Å². The highest BCUT2D eigenvalue weighted by Gasteiger charge is 2.18. The maximum atomic E-state index is 11.9. The average Bonchev–Trinajstić information content (AvgIpc) is 2.53. The van der Waals surface area contributed by atoms with Gasteiger partial charge in [0.15, 0.2) is 6.61 Å². The number of methoxy groups -OCH3 is 1. The number of amides is 1. The fourth-order valence-electron chi connectivity index (χ4n) is 2.54. The van der Waals surface area contributed by atoms with Crippen molar-refractivity contribution >= 4 is 11.9 Å². The summed E-state index contributed by atoms with van der Waals surface area (Å²) in [6.45, 7) is -0.257. The SMILES string of the molecule is COc1ccccc1C(=O)OCC(=O)NC1CCCCC1. The summed E-state index contributed by atoms with van der Waals surface area (Å²) in [6, 6.07) is 7.00. The van der Waals surface area contributed by atoms with Gasteiger partial charge in [0, 0.05) is 6.04 Å². The van der Waals surface area contributed by atoms with Gasteiger partial charge in [-0.25, -0.2) is 4.79 Å². The molecule has 1 N–H and O–H groups in total. The molecule has 0 radical (unpaired) electrons. The van der Waals surface area contributed by atoms with E-state index in [1.165, 1.54) is 13.5 Å². The van der Waals surface area contributed by atoms with Crippen molar-refractivity contribution in [1.29, 1.82) is 0 Å². The number of benzene rings is 1. The number of carbonyl (C=O) groups is 2. The average molecular weight is 291 g/mol. The number of esters is 1. The molecule has 0 unspecified atom stereocenters. The van der Waals surface area contributed by atoms with Crippen LogP contribution in [0.4, 0.5) is 0 Å². The highest BCUT2D eigenvalue weighted by atomic mass is 16.5. The van der Waals surface area contributed by atoms with Crippen LogP contribution in [0, 0.1) is 0 Å². The van der Waals surface area contributed by atoms with Crippen LogP contribution in [-0.2, 0) is 9.53 Å². The van der Waals surface area contributed by atoms with E-state index < -0.39 is 5.97 Å².